The summed E-state index contributed by atoms with van der Waals surface area (Å²) in [6.45, 7) is 8.59. The number of amides is 1. The van der Waals surface area contributed by atoms with Crippen molar-refractivity contribution in [1.29, 1.82) is 0 Å². The predicted octanol–water partition coefficient (Wildman–Crippen LogP) is 7.46. The summed E-state index contributed by atoms with van der Waals surface area (Å²) < 4.78 is 6.17. The molecule has 0 saturated carbocycles. The lowest BCUT2D eigenvalue weighted by molar-refractivity contribution is 0.0941. The molecule has 1 amide bonds. The van der Waals surface area contributed by atoms with Crippen molar-refractivity contribution in [3.8, 4) is 17.0 Å². The molecular formula is C29H29BrN2O2. The van der Waals surface area contributed by atoms with E-state index in [1.807, 2.05) is 55.5 Å². The fourth-order valence-electron chi connectivity index (χ4n) is 3.93. The maximum Gasteiger partial charge on any atom is 0.252 e. The van der Waals surface area contributed by atoms with Gasteiger partial charge in [0.05, 0.1) is 29.9 Å². The minimum absolute atomic E-state index is 0.0895. The molecule has 0 unspecified atom stereocenters. The molecule has 5 heteroatoms. The van der Waals surface area contributed by atoms with Gasteiger partial charge in [-0.1, -0.05) is 61.0 Å². The van der Waals surface area contributed by atoms with Gasteiger partial charge in [-0.3, -0.25) is 4.79 Å². The molecule has 4 aromatic rings. The zero-order valence-corrected chi connectivity index (χ0v) is 21.7. The van der Waals surface area contributed by atoms with Gasteiger partial charge in [-0.15, -0.1) is 0 Å². The number of fused-ring (bicyclic) bond motifs is 1. The van der Waals surface area contributed by atoms with E-state index in [4.69, 9.17) is 9.72 Å². The molecule has 4 rings (SSSR count). The Hall–Kier alpha value is -3.18. The fraction of sp³-hybridized carbons (Fsp3) is 0.241. The van der Waals surface area contributed by atoms with Gasteiger partial charge < -0.3 is 10.1 Å². The molecule has 174 valence electrons. The highest BCUT2D eigenvalue weighted by molar-refractivity contribution is 9.10. The van der Waals surface area contributed by atoms with Crippen molar-refractivity contribution in [3.05, 3.63) is 94.0 Å². The number of methoxy groups -OCH3 is 1. The van der Waals surface area contributed by atoms with Crippen LogP contribution in [0.3, 0.4) is 0 Å². The van der Waals surface area contributed by atoms with Gasteiger partial charge in [-0.2, -0.15) is 0 Å². The first-order chi connectivity index (χ1) is 16.2. The highest BCUT2D eigenvalue weighted by atomic mass is 79.9. The third-order valence-corrected chi connectivity index (χ3v) is 6.52. The van der Waals surface area contributed by atoms with Crippen LogP contribution in [0.25, 0.3) is 22.2 Å². The summed E-state index contributed by atoms with van der Waals surface area (Å²) >= 11 is 3.53. The van der Waals surface area contributed by atoms with Crippen molar-refractivity contribution in [2.75, 3.05) is 7.11 Å². The number of hydrogen-bond acceptors (Lipinski definition) is 3. The normalized spacial score (nSPS) is 12.4. The molecule has 0 aliphatic heterocycles. The van der Waals surface area contributed by atoms with Crippen LogP contribution in [0.2, 0.25) is 0 Å². The van der Waals surface area contributed by atoms with Crippen LogP contribution in [0.4, 0.5) is 0 Å². The molecule has 1 aromatic heterocycles. The van der Waals surface area contributed by atoms with E-state index < -0.39 is 0 Å². The number of hydrogen-bond donors (Lipinski definition) is 1. The number of halogens is 1. The molecule has 34 heavy (non-hydrogen) atoms. The van der Waals surface area contributed by atoms with Crippen molar-refractivity contribution >= 4 is 32.7 Å². The minimum atomic E-state index is -0.138. The summed E-state index contributed by atoms with van der Waals surface area (Å²) in [6.07, 6.45) is 0. The van der Waals surface area contributed by atoms with Crippen molar-refractivity contribution in [1.82, 2.24) is 10.3 Å². The van der Waals surface area contributed by atoms with Crippen LogP contribution in [0, 0.1) is 0 Å². The van der Waals surface area contributed by atoms with Gasteiger partial charge in [-0.25, -0.2) is 4.98 Å². The van der Waals surface area contributed by atoms with Gasteiger partial charge in [0.1, 0.15) is 5.75 Å². The molecule has 0 bridgehead atoms. The lowest BCUT2D eigenvalue weighted by atomic mass is 9.86. The summed E-state index contributed by atoms with van der Waals surface area (Å²) in [6, 6.07) is 23.7. The Morgan fingerprint density at radius 1 is 0.971 bits per heavy atom. The van der Waals surface area contributed by atoms with Crippen LogP contribution in [0.15, 0.2) is 77.3 Å². The van der Waals surface area contributed by atoms with Crippen LogP contribution in [0.5, 0.6) is 5.75 Å². The van der Waals surface area contributed by atoms with Gasteiger partial charge >= 0.3 is 0 Å². The molecule has 0 saturated heterocycles. The Balaban J connectivity index is 1.68. The first-order valence-electron chi connectivity index (χ1n) is 11.3. The van der Waals surface area contributed by atoms with Crippen LogP contribution < -0.4 is 10.1 Å². The summed E-state index contributed by atoms with van der Waals surface area (Å²) in [5.74, 6) is 0.644. The number of ether oxygens (including phenoxy) is 1. The second kappa shape index (κ2) is 9.59. The van der Waals surface area contributed by atoms with E-state index in [2.05, 4.69) is 66.3 Å². The average molecular weight is 517 g/mol. The van der Waals surface area contributed by atoms with Crippen LogP contribution >= 0.6 is 15.9 Å². The predicted molar refractivity (Wildman–Crippen MR) is 142 cm³/mol. The summed E-state index contributed by atoms with van der Waals surface area (Å²) in [5.41, 5.74) is 5.45. The van der Waals surface area contributed by atoms with E-state index in [0.717, 1.165) is 37.9 Å². The van der Waals surface area contributed by atoms with E-state index in [1.165, 1.54) is 5.56 Å². The summed E-state index contributed by atoms with van der Waals surface area (Å²) in [4.78, 5) is 18.3. The summed E-state index contributed by atoms with van der Waals surface area (Å²) in [7, 11) is 1.64. The number of nitrogens with zero attached hydrogens (tertiary/aromatic N) is 1. The Bertz CT molecular complexity index is 1320. The molecule has 0 fully saturated rings. The number of aromatic nitrogens is 1. The van der Waals surface area contributed by atoms with E-state index in [9.17, 15) is 4.79 Å². The molecule has 0 aliphatic carbocycles. The van der Waals surface area contributed by atoms with Crippen molar-refractivity contribution in [3.63, 3.8) is 0 Å². The number of nitrogens with one attached hydrogen (secondary N) is 1. The van der Waals surface area contributed by atoms with Crippen LogP contribution in [-0.4, -0.2) is 18.0 Å². The van der Waals surface area contributed by atoms with Crippen molar-refractivity contribution in [2.45, 2.75) is 39.2 Å². The molecule has 0 radical (unpaired) electrons. The minimum Gasteiger partial charge on any atom is -0.497 e. The van der Waals surface area contributed by atoms with Crippen molar-refractivity contribution in [2.24, 2.45) is 0 Å². The molecule has 1 heterocycles. The molecule has 1 N–H and O–H groups in total. The topological polar surface area (TPSA) is 51.2 Å². The molecule has 3 aromatic carbocycles. The molecule has 0 aliphatic rings. The van der Waals surface area contributed by atoms with E-state index in [0.29, 0.717) is 5.56 Å². The Labute approximate surface area is 209 Å². The Morgan fingerprint density at radius 3 is 2.26 bits per heavy atom. The Kier molecular flexibility index (Phi) is 6.76. The van der Waals surface area contributed by atoms with Gasteiger partial charge in [-0.05, 0) is 72.0 Å². The third kappa shape index (κ3) is 5.15. The number of rotatable bonds is 5. The number of benzene rings is 3. The Morgan fingerprint density at radius 2 is 1.65 bits per heavy atom. The fourth-order valence-corrected chi connectivity index (χ4v) is 4.29. The standard InChI is InChI=1S/C29H29BrN2O2/c1-18(19-6-10-21(11-7-19)29(2,3)4)31-28(33)25-17-27(20-8-13-23(34-5)14-9-20)32-26-15-12-22(30)16-24(25)26/h6-18H,1-5H3,(H,31,33)/t18-/m0/s1. The number of carbonyl (C=O) groups excluding carboxylic acids is 1. The quantitative estimate of drug-likeness (QED) is 0.299. The zero-order chi connectivity index (χ0) is 24.5. The van der Waals surface area contributed by atoms with Gasteiger partial charge in [0.2, 0.25) is 0 Å². The van der Waals surface area contributed by atoms with Crippen LogP contribution in [-0.2, 0) is 5.41 Å². The maximum atomic E-state index is 13.5. The molecule has 4 nitrogen and oxygen atoms in total. The monoisotopic (exact) mass is 516 g/mol. The first-order valence-corrected chi connectivity index (χ1v) is 12.1. The van der Waals surface area contributed by atoms with E-state index in [1.54, 1.807) is 7.11 Å². The lowest BCUT2D eigenvalue weighted by Crippen LogP contribution is -2.27. The molecular weight excluding hydrogens is 488 g/mol. The molecule has 0 spiro atoms. The SMILES string of the molecule is COc1ccc(-c2cc(C(=O)N[C@@H](C)c3ccc(C(C)(C)C)cc3)c3cc(Br)ccc3n2)cc1. The molecule has 1 atom stereocenters. The highest BCUT2D eigenvalue weighted by Crippen LogP contribution is 2.29. The third-order valence-electron chi connectivity index (χ3n) is 6.03. The lowest BCUT2D eigenvalue weighted by Gasteiger charge is -2.21. The smallest absolute Gasteiger partial charge is 0.252 e. The van der Waals surface area contributed by atoms with E-state index >= 15 is 0 Å². The highest BCUT2D eigenvalue weighted by Gasteiger charge is 2.18. The maximum absolute atomic E-state index is 13.5. The number of carbonyl (C=O) groups is 1. The van der Waals surface area contributed by atoms with Gasteiger partial charge in [0.15, 0.2) is 0 Å². The van der Waals surface area contributed by atoms with Crippen LogP contribution in [0.1, 0.15) is 55.2 Å². The van der Waals surface area contributed by atoms with Gasteiger partial charge in [0.25, 0.3) is 5.91 Å². The largest absolute Gasteiger partial charge is 0.497 e. The second-order valence-electron chi connectivity index (χ2n) is 9.51. The number of pyridine rings is 1. The second-order valence-corrected chi connectivity index (χ2v) is 10.4. The first kappa shape index (κ1) is 24.0. The van der Waals surface area contributed by atoms with Gasteiger partial charge in [0, 0.05) is 15.4 Å². The zero-order valence-electron chi connectivity index (χ0n) is 20.1. The van der Waals surface area contributed by atoms with Crippen molar-refractivity contribution < 1.29 is 9.53 Å². The average Bonchev–Trinajstić information content (AvgIpc) is 2.83. The summed E-state index contributed by atoms with van der Waals surface area (Å²) in [5, 5.41) is 3.98. The van der Waals surface area contributed by atoms with E-state index in [-0.39, 0.29) is 17.4 Å².